The van der Waals surface area contributed by atoms with Crippen LogP contribution >= 0.6 is 23.1 Å². The van der Waals surface area contributed by atoms with Gasteiger partial charge in [0, 0.05) is 46.0 Å². The number of thiazole rings is 1. The van der Waals surface area contributed by atoms with E-state index in [4.69, 9.17) is 15.3 Å². The van der Waals surface area contributed by atoms with Gasteiger partial charge in [0.05, 0.1) is 19.0 Å². The van der Waals surface area contributed by atoms with E-state index in [9.17, 15) is 24.3 Å². The van der Waals surface area contributed by atoms with Crippen LogP contribution in [0, 0.1) is 0 Å². The van der Waals surface area contributed by atoms with Gasteiger partial charge < -0.3 is 30.6 Å². The maximum absolute atomic E-state index is 14.3. The molecule has 2 saturated heterocycles. The van der Waals surface area contributed by atoms with Crippen molar-refractivity contribution in [3.05, 3.63) is 160 Å². The highest BCUT2D eigenvalue weighted by molar-refractivity contribution is 8.00. The molecule has 8 rings (SSSR count). The Balaban J connectivity index is 1.08. The van der Waals surface area contributed by atoms with Crippen LogP contribution < -0.4 is 20.7 Å². The Bertz CT molecular complexity index is 2380. The number of fused-ring (bicyclic) bond motifs is 1. The fraction of sp³-hybridized carbons (Fsp3) is 0.167. The molecule has 2 atom stereocenters. The van der Waals surface area contributed by atoms with Crippen molar-refractivity contribution in [1.29, 1.82) is 0 Å². The first-order valence-corrected chi connectivity index (χ1v) is 20.0. The van der Waals surface area contributed by atoms with Crippen LogP contribution in [0.2, 0.25) is 0 Å². The van der Waals surface area contributed by atoms with Crippen LogP contribution in [-0.2, 0) is 29.6 Å². The highest BCUT2D eigenvalue weighted by atomic mass is 32.2. The molecule has 0 radical (unpaired) electrons. The first-order valence-electron chi connectivity index (χ1n) is 18.1. The summed E-state index contributed by atoms with van der Waals surface area (Å²) in [5.74, 6) is -2.44. The van der Waals surface area contributed by atoms with E-state index in [1.807, 2.05) is 91.0 Å². The van der Waals surface area contributed by atoms with E-state index in [1.165, 1.54) is 25.1 Å². The van der Waals surface area contributed by atoms with Crippen LogP contribution in [0.1, 0.15) is 28.8 Å². The summed E-state index contributed by atoms with van der Waals surface area (Å²) in [6.07, 6.45) is 3.46. The van der Waals surface area contributed by atoms with E-state index in [2.05, 4.69) is 20.4 Å². The molecule has 0 unspecified atom stereocenters. The number of carboxylic acids is 1. The number of nitrogens with zero attached hydrogens (tertiary/aromatic N) is 5. The summed E-state index contributed by atoms with van der Waals surface area (Å²) in [6.45, 7) is 0.377. The molecule has 14 nitrogen and oxygen atoms in total. The summed E-state index contributed by atoms with van der Waals surface area (Å²) in [5, 5.41) is 18.6. The fourth-order valence-electron chi connectivity index (χ4n) is 7.21. The largest absolute Gasteiger partial charge is 0.481 e. The lowest BCUT2D eigenvalue weighted by Gasteiger charge is -2.49. The summed E-state index contributed by atoms with van der Waals surface area (Å²) in [6, 6.07) is 30.7. The number of carbonyl (C=O) groups excluding carboxylic acids is 3. The van der Waals surface area contributed by atoms with Crippen molar-refractivity contribution in [2.45, 2.75) is 23.4 Å². The monoisotopic (exact) mass is 813 g/mol. The first-order chi connectivity index (χ1) is 28.2. The zero-order valence-electron chi connectivity index (χ0n) is 30.8. The third-order valence-electron chi connectivity index (χ3n) is 10.00. The number of benzene rings is 3. The van der Waals surface area contributed by atoms with Crippen molar-refractivity contribution < 1.29 is 33.9 Å². The van der Waals surface area contributed by atoms with Gasteiger partial charge in [0.15, 0.2) is 10.8 Å². The number of nitrogens with two attached hydrogens (primary N) is 1. The molecule has 5 aromatic rings. The second-order valence-corrected chi connectivity index (χ2v) is 15.4. The zero-order valence-corrected chi connectivity index (χ0v) is 32.5. The quantitative estimate of drug-likeness (QED) is 0.0509. The molecular formula is C42H35N7O7S2. The minimum atomic E-state index is -1.33. The number of anilines is 2. The number of amides is 3. The normalized spacial score (nSPS) is 18.8. The summed E-state index contributed by atoms with van der Waals surface area (Å²) in [7, 11) is 1.50. The van der Waals surface area contributed by atoms with Gasteiger partial charge in [0.2, 0.25) is 11.5 Å². The standard InChI is InChI=1S/C42H35N7O7S2/c1-55-32-18-17-30(22-44-32)48-20-19-25(37(48)51)21-26-23-57-39-34(38(52)49(39)35(26)40(53)54)46-36(50)33(31-24-58-41(43)45-31)47-56-42(27-11-5-2-6-12-27,28-13-7-3-8-14-28)29-15-9-4-10-16-29/h2-18,21-22,24,34,39H,19-20,23H2,1H3,(H2,43,45)(H,46,50)(H,53,54)/t34-,39-/m1/s1. The van der Waals surface area contributed by atoms with Crippen molar-refractivity contribution in [2.75, 3.05) is 30.0 Å². The third kappa shape index (κ3) is 6.96. The van der Waals surface area contributed by atoms with Crippen LogP contribution in [0.5, 0.6) is 5.88 Å². The lowest BCUT2D eigenvalue weighted by Crippen LogP contribution is -2.71. The Kier molecular flexibility index (Phi) is 10.5. The molecule has 3 aliphatic rings. The van der Waals surface area contributed by atoms with E-state index in [-0.39, 0.29) is 33.9 Å². The Hall–Kier alpha value is -6.78. The molecule has 0 aliphatic carbocycles. The summed E-state index contributed by atoms with van der Waals surface area (Å²) in [5.41, 5.74) is 7.85. The molecule has 0 saturated carbocycles. The molecule has 4 N–H and O–H groups in total. The first kappa shape index (κ1) is 38.1. The molecule has 3 aromatic carbocycles. The van der Waals surface area contributed by atoms with Crippen molar-refractivity contribution >= 4 is 63.3 Å². The minimum Gasteiger partial charge on any atom is -0.481 e. The molecule has 5 heterocycles. The van der Waals surface area contributed by atoms with Gasteiger partial charge in [-0.05, 0) is 24.1 Å². The van der Waals surface area contributed by atoms with Crippen molar-refractivity contribution in [3.8, 4) is 5.88 Å². The highest BCUT2D eigenvalue weighted by Crippen LogP contribution is 2.43. The Morgan fingerprint density at radius 1 is 0.966 bits per heavy atom. The average Bonchev–Trinajstić information content (AvgIpc) is 3.86. The molecule has 0 spiro atoms. The second-order valence-electron chi connectivity index (χ2n) is 13.4. The number of thioether (sulfide) groups is 1. The lowest BCUT2D eigenvalue weighted by molar-refractivity contribution is -0.150. The SMILES string of the molecule is COc1ccc(N2CCC(=CC3=C(C(=O)O)N4C(=O)[C@@H](NC(=O)C(=NOC(c5ccccc5)(c5ccccc5)c5ccccc5)c5csc(N)n5)[C@H]4SC3)C2=O)cn1. The number of methoxy groups -OCH3 is 1. The number of carbonyl (C=O) groups is 4. The van der Waals surface area contributed by atoms with Crippen LogP contribution in [0.15, 0.2) is 143 Å². The van der Waals surface area contributed by atoms with Crippen molar-refractivity contribution in [2.24, 2.45) is 5.16 Å². The predicted molar refractivity (Wildman–Crippen MR) is 219 cm³/mol. The van der Waals surface area contributed by atoms with Gasteiger partial charge >= 0.3 is 5.97 Å². The number of ether oxygens (including phenoxy) is 1. The van der Waals surface area contributed by atoms with E-state index >= 15 is 0 Å². The van der Waals surface area contributed by atoms with E-state index in [0.29, 0.717) is 35.7 Å². The number of pyridine rings is 1. The number of aliphatic carboxylic acids is 1. The number of nitrogen functional groups attached to an aromatic ring is 1. The number of nitrogens with one attached hydrogen (secondary N) is 1. The Morgan fingerprint density at radius 2 is 1.60 bits per heavy atom. The number of oxime groups is 1. The van der Waals surface area contributed by atoms with Gasteiger partial charge in [0.25, 0.3) is 17.7 Å². The molecule has 3 aliphatic heterocycles. The second kappa shape index (κ2) is 16.0. The van der Waals surface area contributed by atoms with Crippen LogP contribution in [0.25, 0.3) is 0 Å². The number of hydrogen-bond acceptors (Lipinski definition) is 12. The van der Waals surface area contributed by atoms with Gasteiger partial charge in [-0.3, -0.25) is 19.3 Å². The van der Waals surface area contributed by atoms with E-state index in [1.54, 1.807) is 28.5 Å². The van der Waals surface area contributed by atoms with Crippen molar-refractivity contribution in [3.63, 3.8) is 0 Å². The molecule has 58 heavy (non-hydrogen) atoms. The molecule has 2 fully saturated rings. The number of β-lactam (4-membered cyclic amide) rings is 1. The van der Waals surface area contributed by atoms with Gasteiger partial charge in [0.1, 0.15) is 22.8 Å². The van der Waals surface area contributed by atoms with Crippen LogP contribution in [-0.4, -0.2) is 80.2 Å². The van der Waals surface area contributed by atoms with Gasteiger partial charge in [-0.2, -0.15) is 0 Å². The van der Waals surface area contributed by atoms with Gasteiger partial charge in [-0.15, -0.1) is 23.1 Å². The molecule has 16 heteroatoms. The molecule has 292 valence electrons. The number of hydrogen-bond donors (Lipinski definition) is 3. The number of allylic oxidation sites excluding steroid dienone is 1. The van der Waals surface area contributed by atoms with Crippen LogP contribution in [0.3, 0.4) is 0 Å². The zero-order chi connectivity index (χ0) is 40.4. The molecule has 3 amide bonds. The maximum Gasteiger partial charge on any atom is 0.352 e. The minimum absolute atomic E-state index is 0.128. The van der Waals surface area contributed by atoms with Gasteiger partial charge in [-0.25, -0.2) is 14.8 Å². The summed E-state index contributed by atoms with van der Waals surface area (Å²) in [4.78, 5) is 72.0. The summed E-state index contributed by atoms with van der Waals surface area (Å²) < 4.78 is 5.11. The smallest absolute Gasteiger partial charge is 0.352 e. The van der Waals surface area contributed by atoms with Crippen molar-refractivity contribution in [1.82, 2.24) is 20.2 Å². The Morgan fingerprint density at radius 3 is 2.14 bits per heavy atom. The number of carboxylic acid groups (broad SMARTS) is 1. The number of rotatable bonds is 12. The predicted octanol–water partition coefficient (Wildman–Crippen LogP) is 4.94. The molecule has 2 aromatic heterocycles. The van der Waals surface area contributed by atoms with Gasteiger partial charge in [-0.1, -0.05) is 96.2 Å². The van der Waals surface area contributed by atoms with Crippen LogP contribution in [0.4, 0.5) is 10.8 Å². The molecule has 0 bridgehead atoms. The summed E-state index contributed by atoms with van der Waals surface area (Å²) >= 11 is 2.38. The maximum atomic E-state index is 14.3. The molecular weight excluding hydrogens is 779 g/mol. The Labute approximate surface area is 340 Å². The van der Waals surface area contributed by atoms with E-state index in [0.717, 1.165) is 32.9 Å². The fourth-order valence-corrected chi connectivity index (χ4v) is 9.07. The lowest BCUT2D eigenvalue weighted by atomic mass is 9.80. The number of aromatic nitrogens is 2. The highest BCUT2D eigenvalue weighted by Gasteiger charge is 2.54. The van der Waals surface area contributed by atoms with E-state index < -0.39 is 34.8 Å². The topological polar surface area (TPSA) is 190 Å². The third-order valence-corrected chi connectivity index (χ3v) is 12.0. The average molecular weight is 814 g/mol.